The number of benzene rings is 2. The minimum Gasteiger partial charge on any atom is -0.504 e. The SMILES string of the molecule is COc1cc(C=NNC(=O)CC(=O)NCCc2ccccc2)ccc1O. The lowest BCUT2D eigenvalue weighted by atomic mass is 10.1. The zero-order valence-electron chi connectivity index (χ0n) is 14.4. The van der Waals surface area contributed by atoms with E-state index in [9.17, 15) is 14.7 Å². The second-order valence-electron chi connectivity index (χ2n) is 5.49. The van der Waals surface area contributed by atoms with E-state index in [1.807, 2.05) is 30.3 Å². The minimum absolute atomic E-state index is 0.0147. The number of hydrogen-bond acceptors (Lipinski definition) is 5. The summed E-state index contributed by atoms with van der Waals surface area (Å²) in [5.74, 6) is -0.553. The molecule has 0 unspecified atom stereocenters. The van der Waals surface area contributed by atoms with Gasteiger partial charge in [-0.25, -0.2) is 5.43 Å². The van der Waals surface area contributed by atoms with Gasteiger partial charge in [-0.05, 0) is 35.7 Å². The minimum atomic E-state index is -0.510. The van der Waals surface area contributed by atoms with Gasteiger partial charge < -0.3 is 15.2 Å². The molecule has 0 bridgehead atoms. The Hall–Kier alpha value is -3.35. The van der Waals surface area contributed by atoms with E-state index in [4.69, 9.17) is 4.74 Å². The number of ether oxygens (including phenoxy) is 1. The molecule has 7 nitrogen and oxygen atoms in total. The van der Waals surface area contributed by atoms with Gasteiger partial charge >= 0.3 is 0 Å². The molecule has 0 aromatic heterocycles. The van der Waals surface area contributed by atoms with Crippen molar-refractivity contribution in [3.8, 4) is 11.5 Å². The zero-order valence-corrected chi connectivity index (χ0v) is 14.4. The van der Waals surface area contributed by atoms with Crippen LogP contribution in [0.1, 0.15) is 17.5 Å². The van der Waals surface area contributed by atoms with Crippen LogP contribution in [-0.2, 0) is 16.0 Å². The summed E-state index contributed by atoms with van der Waals surface area (Å²) in [6.45, 7) is 0.465. The van der Waals surface area contributed by atoms with Gasteiger partial charge in [-0.1, -0.05) is 30.3 Å². The lowest BCUT2D eigenvalue weighted by Crippen LogP contribution is -2.31. The number of carbonyl (C=O) groups is 2. The van der Waals surface area contributed by atoms with Gasteiger partial charge in [0.25, 0.3) is 0 Å². The molecule has 2 rings (SSSR count). The average Bonchev–Trinajstić information content (AvgIpc) is 2.64. The molecule has 0 saturated heterocycles. The van der Waals surface area contributed by atoms with Crippen molar-refractivity contribution in [2.24, 2.45) is 5.10 Å². The third-order valence-electron chi connectivity index (χ3n) is 3.51. The van der Waals surface area contributed by atoms with Crippen LogP contribution in [0.4, 0.5) is 0 Å². The van der Waals surface area contributed by atoms with E-state index in [0.717, 1.165) is 5.56 Å². The molecule has 136 valence electrons. The molecule has 0 atom stereocenters. The molecule has 2 amide bonds. The topological polar surface area (TPSA) is 100 Å². The molecule has 0 saturated carbocycles. The Morgan fingerprint density at radius 2 is 1.92 bits per heavy atom. The molecule has 0 radical (unpaired) electrons. The smallest absolute Gasteiger partial charge is 0.249 e. The molecule has 7 heteroatoms. The molecule has 0 aliphatic rings. The number of rotatable bonds is 8. The Kier molecular flexibility index (Phi) is 7.17. The molecule has 26 heavy (non-hydrogen) atoms. The van der Waals surface area contributed by atoms with Crippen LogP contribution in [0.15, 0.2) is 53.6 Å². The van der Waals surface area contributed by atoms with Crippen molar-refractivity contribution in [2.75, 3.05) is 13.7 Å². The number of hydrazone groups is 1. The lowest BCUT2D eigenvalue weighted by Gasteiger charge is -2.05. The van der Waals surface area contributed by atoms with Crippen molar-refractivity contribution >= 4 is 18.0 Å². The van der Waals surface area contributed by atoms with E-state index < -0.39 is 5.91 Å². The van der Waals surface area contributed by atoms with Crippen molar-refractivity contribution in [1.82, 2.24) is 10.7 Å². The Morgan fingerprint density at radius 1 is 1.15 bits per heavy atom. The molecule has 3 N–H and O–H groups in total. The maximum Gasteiger partial charge on any atom is 0.249 e. The molecule has 2 aromatic rings. The van der Waals surface area contributed by atoms with Crippen LogP contribution in [0.3, 0.4) is 0 Å². The first-order valence-corrected chi connectivity index (χ1v) is 8.08. The van der Waals surface area contributed by atoms with E-state index in [1.54, 1.807) is 12.1 Å². The molecular weight excluding hydrogens is 334 g/mol. The first-order chi connectivity index (χ1) is 12.6. The van der Waals surface area contributed by atoms with Gasteiger partial charge in [0.1, 0.15) is 6.42 Å². The van der Waals surface area contributed by atoms with Gasteiger partial charge in [-0.15, -0.1) is 0 Å². The summed E-state index contributed by atoms with van der Waals surface area (Å²) in [6, 6.07) is 14.4. The van der Waals surface area contributed by atoms with E-state index in [1.165, 1.54) is 19.4 Å². The molecule has 0 fully saturated rings. The third kappa shape index (κ3) is 6.27. The Balaban J connectivity index is 1.71. The fourth-order valence-electron chi connectivity index (χ4n) is 2.19. The van der Waals surface area contributed by atoms with Crippen LogP contribution in [-0.4, -0.2) is 36.8 Å². The number of nitrogens with zero attached hydrogens (tertiary/aromatic N) is 1. The zero-order chi connectivity index (χ0) is 18.8. The number of carbonyl (C=O) groups excluding carboxylic acids is 2. The van der Waals surface area contributed by atoms with Crippen LogP contribution in [0.25, 0.3) is 0 Å². The molecule has 0 spiro atoms. The van der Waals surface area contributed by atoms with Crippen LogP contribution < -0.4 is 15.5 Å². The summed E-state index contributed by atoms with van der Waals surface area (Å²) in [5.41, 5.74) is 4.04. The highest BCUT2D eigenvalue weighted by Gasteiger charge is 2.08. The predicted molar refractivity (Wildman–Crippen MR) is 98.2 cm³/mol. The number of aromatic hydroxyl groups is 1. The highest BCUT2D eigenvalue weighted by atomic mass is 16.5. The summed E-state index contributed by atoms with van der Waals surface area (Å²) in [6.07, 6.45) is 1.80. The van der Waals surface area contributed by atoms with E-state index in [2.05, 4.69) is 15.8 Å². The molecule has 2 aromatic carbocycles. The molecular formula is C19H21N3O4. The number of methoxy groups -OCH3 is 1. The molecule has 0 heterocycles. The first-order valence-electron chi connectivity index (χ1n) is 8.08. The van der Waals surface area contributed by atoms with Crippen LogP contribution in [0.2, 0.25) is 0 Å². The highest BCUT2D eigenvalue weighted by Crippen LogP contribution is 2.25. The number of nitrogens with one attached hydrogen (secondary N) is 2. The fraction of sp³-hybridized carbons (Fsp3) is 0.211. The Bertz CT molecular complexity index is 776. The number of amides is 2. The van der Waals surface area contributed by atoms with E-state index in [-0.39, 0.29) is 18.1 Å². The van der Waals surface area contributed by atoms with Crippen molar-refractivity contribution in [1.29, 1.82) is 0 Å². The maximum absolute atomic E-state index is 11.7. The summed E-state index contributed by atoms with van der Waals surface area (Å²) >= 11 is 0. The standard InChI is InChI=1S/C19H21N3O4/c1-26-17-11-15(7-8-16(17)23)13-21-22-19(25)12-18(24)20-10-9-14-5-3-2-4-6-14/h2-8,11,13,23H,9-10,12H2,1H3,(H,20,24)(H,22,25). The Morgan fingerprint density at radius 3 is 2.65 bits per heavy atom. The van der Waals surface area contributed by atoms with Crippen LogP contribution in [0, 0.1) is 0 Å². The van der Waals surface area contributed by atoms with Crippen LogP contribution in [0.5, 0.6) is 11.5 Å². The quantitative estimate of drug-likeness (QED) is 0.380. The Labute approximate surface area is 151 Å². The summed E-state index contributed by atoms with van der Waals surface area (Å²) in [7, 11) is 1.44. The fourth-order valence-corrected chi connectivity index (χ4v) is 2.19. The van der Waals surface area contributed by atoms with Gasteiger partial charge in [0.15, 0.2) is 11.5 Å². The normalized spacial score (nSPS) is 10.5. The summed E-state index contributed by atoms with van der Waals surface area (Å²) < 4.78 is 4.98. The lowest BCUT2D eigenvalue weighted by molar-refractivity contribution is -0.129. The molecule has 0 aliphatic carbocycles. The van der Waals surface area contributed by atoms with Crippen molar-refractivity contribution in [2.45, 2.75) is 12.8 Å². The van der Waals surface area contributed by atoms with Crippen molar-refractivity contribution < 1.29 is 19.4 Å². The summed E-state index contributed by atoms with van der Waals surface area (Å²) in [5, 5.41) is 16.0. The monoisotopic (exact) mass is 355 g/mol. The number of phenols is 1. The van der Waals surface area contributed by atoms with Gasteiger partial charge in [0.05, 0.1) is 13.3 Å². The van der Waals surface area contributed by atoms with Gasteiger partial charge in [-0.2, -0.15) is 5.10 Å². The third-order valence-corrected chi connectivity index (χ3v) is 3.51. The average molecular weight is 355 g/mol. The van der Waals surface area contributed by atoms with E-state index >= 15 is 0 Å². The van der Waals surface area contributed by atoms with Gasteiger partial charge in [0.2, 0.25) is 11.8 Å². The van der Waals surface area contributed by atoms with Gasteiger partial charge in [0, 0.05) is 6.54 Å². The highest BCUT2D eigenvalue weighted by molar-refractivity contribution is 5.97. The first kappa shape index (κ1) is 19.0. The maximum atomic E-state index is 11.7. The molecule has 0 aliphatic heterocycles. The largest absolute Gasteiger partial charge is 0.504 e. The second kappa shape index (κ2) is 9.83. The number of phenolic OH excluding ortho intramolecular Hbond substituents is 1. The van der Waals surface area contributed by atoms with Crippen molar-refractivity contribution in [3.05, 3.63) is 59.7 Å². The van der Waals surface area contributed by atoms with Crippen LogP contribution >= 0.6 is 0 Å². The van der Waals surface area contributed by atoms with Crippen molar-refractivity contribution in [3.63, 3.8) is 0 Å². The predicted octanol–water partition coefficient (Wildman–Crippen LogP) is 1.60. The van der Waals surface area contributed by atoms with E-state index in [0.29, 0.717) is 24.3 Å². The van der Waals surface area contributed by atoms with Gasteiger partial charge in [-0.3, -0.25) is 9.59 Å². The number of hydrogen-bond donors (Lipinski definition) is 3. The summed E-state index contributed by atoms with van der Waals surface area (Å²) in [4.78, 5) is 23.4. The second-order valence-corrected chi connectivity index (χ2v) is 5.49.